The maximum atomic E-state index is 11.0. The second-order valence-corrected chi connectivity index (χ2v) is 5.65. The van der Waals surface area contributed by atoms with Crippen molar-refractivity contribution in [2.75, 3.05) is 0 Å². The Morgan fingerprint density at radius 1 is 1.44 bits per heavy atom. The summed E-state index contributed by atoms with van der Waals surface area (Å²) in [5.74, 6) is 0.533. The fourth-order valence-corrected chi connectivity index (χ4v) is 3.49. The first kappa shape index (κ1) is 13.1. The van der Waals surface area contributed by atoms with Crippen molar-refractivity contribution < 1.29 is 14.7 Å². The van der Waals surface area contributed by atoms with Gasteiger partial charge in [-0.3, -0.25) is 4.79 Å². The van der Waals surface area contributed by atoms with Crippen LogP contribution in [0.15, 0.2) is 22.8 Å². The predicted molar refractivity (Wildman–Crippen MR) is 69.1 cm³/mol. The molecule has 0 aromatic carbocycles. The molecule has 3 heteroatoms. The van der Waals surface area contributed by atoms with Crippen LogP contribution in [0.3, 0.4) is 0 Å². The highest BCUT2D eigenvalue weighted by atomic mass is 16.4. The van der Waals surface area contributed by atoms with Crippen LogP contribution >= 0.6 is 0 Å². The largest absolute Gasteiger partial charge is 0.478 e. The van der Waals surface area contributed by atoms with Crippen LogP contribution in [-0.2, 0) is 9.59 Å². The number of carbonyl (C=O) groups excluding carboxylic acids is 1. The third-order valence-corrected chi connectivity index (χ3v) is 4.39. The summed E-state index contributed by atoms with van der Waals surface area (Å²) in [5.41, 5.74) is 2.68. The van der Waals surface area contributed by atoms with Crippen LogP contribution in [0.4, 0.5) is 0 Å². The Morgan fingerprint density at radius 2 is 2.17 bits per heavy atom. The van der Waals surface area contributed by atoms with Crippen molar-refractivity contribution in [2.45, 2.75) is 39.5 Å². The first-order valence-electron chi connectivity index (χ1n) is 6.61. The maximum Gasteiger partial charge on any atom is 0.330 e. The molecule has 3 atom stereocenters. The van der Waals surface area contributed by atoms with Crippen LogP contribution in [0.2, 0.25) is 0 Å². The van der Waals surface area contributed by atoms with Gasteiger partial charge in [-0.1, -0.05) is 18.6 Å². The molecule has 2 aliphatic rings. The molecule has 3 nitrogen and oxygen atoms in total. The lowest BCUT2D eigenvalue weighted by molar-refractivity contribution is -0.132. The molecule has 18 heavy (non-hydrogen) atoms. The Hall–Kier alpha value is -1.38. The van der Waals surface area contributed by atoms with Crippen LogP contribution in [0.25, 0.3) is 0 Å². The van der Waals surface area contributed by atoms with Crippen LogP contribution in [0, 0.1) is 17.8 Å². The lowest BCUT2D eigenvalue weighted by atomic mass is 9.72. The van der Waals surface area contributed by atoms with Gasteiger partial charge >= 0.3 is 5.97 Å². The third-order valence-electron chi connectivity index (χ3n) is 4.39. The molecule has 0 radical (unpaired) electrons. The molecule has 1 saturated carbocycles. The van der Waals surface area contributed by atoms with Gasteiger partial charge in [-0.25, -0.2) is 4.79 Å². The lowest BCUT2D eigenvalue weighted by Gasteiger charge is -2.33. The summed E-state index contributed by atoms with van der Waals surface area (Å²) in [6, 6.07) is 0. The number of rotatable bonds is 3. The van der Waals surface area contributed by atoms with Crippen molar-refractivity contribution in [3.63, 3.8) is 0 Å². The van der Waals surface area contributed by atoms with Gasteiger partial charge < -0.3 is 5.11 Å². The summed E-state index contributed by atoms with van der Waals surface area (Å²) in [5, 5.41) is 8.93. The number of hydrogen-bond donors (Lipinski definition) is 1. The number of aliphatic carboxylic acids is 1. The highest BCUT2D eigenvalue weighted by Gasteiger charge is 2.35. The smallest absolute Gasteiger partial charge is 0.330 e. The molecular weight excluding hydrogens is 228 g/mol. The quantitative estimate of drug-likeness (QED) is 0.617. The van der Waals surface area contributed by atoms with Crippen LogP contribution in [0.1, 0.15) is 39.5 Å². The molecule has 1 N–H and O–H groups in total. The van der Waals surface area contributed by atoms with E-state index in [9.17, 15) is 9.59 Å². The van der Waals surface area contributed by atoms with Gasteiger partial charge in [0.1, 0.15) is 6.29 Å². The number of aldehydes is 1. The molecule has 0 aliphatic heterocycles. The van der Waals surface area contributed by atoms with Gasteiger partial charge in [-0.15, -0.1) is 0 Å². The number of carboxylic acid groups (broad SMARTS) is 1. The summed E-state index contributed by atoms with van der Waals surface area (Å²) in [6.07, 6.45) is 6.76. The topological polar surface area (TPSA) is 54.4 Å². The second kappa shape index (κ2) is 5.09. The first-order valence-corrected chi connectivity index (χ1v) is 6.61. The van der Waals surface area contributed by atoms with E-state index in [0.717, 1.165) is 37.5 Å². The van der Waals surface area contributed by atoms with Crippen molar-refractivity contribution in [1.82, 2.24) is 0 Å². The fourth-order valence-electron chi connectivity index (χ4n) is 3.49. The van der Waals surface area contributed by atoms with E-state index in [4.69, 9.17) is 5.11 Å². The van der Waals surface area contributed by atoms with Gasteiger partial charge in [0.05, 0.1) is 0 Å². The monoisotopic (exact) mass is 248 g/mol. The number of allylic oxidation sites excluding steroid dienone is 3. The Bertz CT molecular complexity index is 431. The first-order chi connectivity index (χ1) is 8.52. The second-order valence-electron chi connectivity index (χ2n) is 5.65. The molecule has 98 valence electrons. The molecular formula is C15H20O3. The van der Waals surface area contributed by atoms with Gasteiger partial charge in [-0.2, -0.15) is 0 Å². The SMILES string of the molecule is CC(=CC1CC2=C(C=O)CCC2C(C)C1)C(=O)O. The summed E-state index contributed by atoms with van der Waals surface area (Å²) < 4.78 is 0. The van der Waals surface area contributed by atoms with Crippen molar-refractivity contribution >= 4 is 12.3 Å². The molecule has 0 bridgehead atoms. The number of fused-ring (bicyclic) bond motifs is 1. The van der Waals surface area contributed by atoms with Crippen LogP contribution in [-0.4, -0.2) is 17.4 Å². The molecule has 1 fully saturated rings. The molecule has 0 aromatic heterocycles. The Balaban J connectivity index is 2.21. The molecule has 0 aromatic rings. The molecule has 0 spiro atoms. The molecule has 0 saturated heterocycles. The van der Waals surface area contributed by atoms with Gasteiger partial charge in [0.2, 0.25) is 0 Å². The Kier molecular flexibility index (Phi) is 3.69. The van der Waals surface area contributed by atoms with E-state index >= 15 is 0 Å². The zero-order chi connectivity index (χ0) is 13.3. The molecule has 2 rings (SSSR count). The number of carboxylic acids is 1. The van der Waals surface area contributed by atoms with Crippen molar-refractivity contribution in [1.29, 1.82) is 0 Å². The molecule has 3 unspecified atom stereocenters. The van der Waals surface area contributed by atoms with Gasteiger partial charge in [0.15, 0.2) is 0 Å². The van der Waals surface area contributed by atoms with Crippen molar-refractivity contribution in [3.05, 3.63) is 22.8 Å². The van der Waals surface area contributed by atoms with E-state index in [-0.39, 0.29) is 5.92 Å². The van der Waals surface area contributed by atoms with Gasteiger partial charge in [0.25, 0.3) is 0 Å². The molecule has 2 aliphatic carbocycles. The van der Waals surface area contributed by atoms with E-state index < -0.39 is 5.97 Å². The van der Waals surface area contributed by atoms with E-state index in [2.05, 4.69) is 6.92 Å². The lowest BCUT2D eigenvalue weighted by Crippen LogP contribution is -2.23. The minimum atomic E-state index is -0.846. The fraction of sp³-hybridized carbons (Fsp3) is 0.600. The zero-order valence-corrected chi connectivity index (χ0v) is 11.0. The number of carbonyl (C=O) groups is 2. The summed E-state index contributed by atoms with van der Waals surface area (Å²) in [4.78, 5) is 21.9. The van der Waals surface area contributed by atoms with E-state index in [1.807, 2.05) is 6.08 Å². The average Bonchev–Trinajstić information content (AvgIpc) is 2.72. The van der Waals surface area contributed by atoms with Crippen molar-refractivity contribution in [2.24, 2.45) is 17.8 Å². The molecule has 0 amide bonds. The van der Waals surface area contributed by atoms with Crippen molar-refractivity contribution in [3.8, 4) is 0 Å². The highest BCUT2D eigenvalue weighted by molar-refractivity contribution is 5.85. The van der Waals surface area contributed by atoms with E-state index in [1.165, 1.54) is 5.57 Å². The van der Waals surface area contributed by atoms with E-state index in [0.29, 0.717) is 17.4 Å². The third kappa shape index (κ3) is 2.40. The van der Waals surface area contributed by atoms with Crippen LogP contribution < -0.4 is 0 Å². The standard InChI is InChI=1S/C15H20O3/c1-9-5-11(6-10(2)15(17)18)7-14-12(8-16)3-4-13(9)14/h6,8-9,11,13H,3-5,7H2,1-2H3,(H,17,18). The highest BCUT2D eigenvalue weighted by Crippen LogP contribution is 2.46. The summed E-state index contributed by atoms with van der Waals surface area (Å²) in [6.45, 7) is 3.86. The average molecular weight is 248 g/mol. The van der Waals surface area contributed by atoms with Crippen LogP contribution in [0.5, 0.6) is 0 Å². The minimum Gasteiger partial charge on any atom is -0.478 e. The minimum absolute atomic E-state index is 0.274. The number of hydrogen-bond acceptors (Lipinski definition) is 2. The maximum absolute atomic E-state index is 11.0. The van der Waals surface area contributed by atoms with Gasteiger partial charge in [-0.05, 0) is 55.9 Å². The van der Waals surface area contributed by atoms with Gasteiger partial charge in [0, 0.05) is 5.57 Å². The summed E-state index contributed by atoms with van der Waals surface area (Å²) >= 11 is 0. The predicted octanol–water partition coefficient (Wildman–Crippen LogP) is 2.97. The Labute approximate surface area is 108 Å². The Morgan fingerprint density at radius 3 is 2.78 bits per heavy atom. The normalized spacial score (nSPS) is 32.3. The molecule has 0 heterocycles. The summed E-state index contributed by atoms with van der Waals surface area (Å²) in [7, 11) is 0. The zero-order valence-electron chi connectivity index (χ0n) is 11.0. The van der Waals surface area contributed by atoms with E-state index in [1.54, 1.807) is 6.92 Å².